The van der Waals surface area contributed by atoms with Gasteiger partial charge in [-0.15, -0.1) is 0 Å². The van der Waals surface area contributed by atoms with Crippen molar-refractivity contribution in [3.8, 4) is 11.1 Å². The summed E-state index contributed by atoms with van der Waals surface area (Å²) >= 11 is 0. The van der Waals surface area contributed by atoms with Gasteiger partial charge in [-0.3, -0.25) is 24.5 Å². The van der Waals surface area contributed by atoms with Gasteiger partial charge < -0.3 is 10.2 Å². The quantitative estimate of drug-likeness (QED) is 0.423. The number of aromatic nitrogens is 4. The maximum absolute atomic E-state index is 13.2. The maximum atomic E-state index is 13.2. The van der Waals surface area contributed by atoms with Crippen LogP contribution in [0, 0.1) is 6.92 Å². The molecule has 0 aliphatic carbocycles. The van der Waals surface area contributed by atoms with Crippen molar-refractivity contribution in [1.82, 2.24) is 25.3 Å². The normalized spacial score (nSPS) is 10.6. The average molecular weight is 467 g/mol. The molecule has 0 unspecified atom stereocenters. The van der Waals surface area contributed by atoms with Crippen LogP contribution >= 0.6 is 0 Å². The van der Waals surface area contributed by atoms with E-state index in [2.05, 4.69) is 25.3 Å². The number of hydrogen-bond donors (Lipinski definition) is 1. The van der Waals surface area contributed by atoms with Crippen molar-refractivity contribution in [2.45, 2.75) is 20.3 Å². The first-order valence-electron chi connectivity index (χ1n) is 11.4. The van der Waals surface area contributed by atoms with Crippen molar-refractivity contribution in [2.24, 2.45) is 0 Å². The highest BCUT2D eigenvalue weighted by Crippen LogP contribution is 2.28. The van der Waals surface area contributed by atoms with E-state index in [0.29, 0.717) is 30.8 Å². The summed E-state index contributed by atoms with van der Waals surface area (Å²) in [6.45, 7) is 4.72. The lowest BCUT2D eigenvalue weighted by Gasteiger charge is -2.22. The monoisotopic (exact) mass is 466 g/mol. The van der Waals surface area contributed by atoms with Gasteiger partial charge in [0.15, 0.2) is 0 Å². The van der Waals surface area contributed by atoms with Gasteiger partial charge in [-0.05, 0) is 43.2 Å². The zero-order valence-electron chi connectivity index (χ0n) is 19.7. The zero-order chi connectivity index (χ0) is 24.6. The number of hydrogen-bond acceptors (Lipinski definition) is 6. The molecule has 176 valence electrons. The minimum atomic E-state index is -0.282. The smallest absolute Gasteiger partial charge is 0.278 e. The largest absolute Gasteiger partial charge is 0.352 e. The first-order chi connectivity index (χ1) is 17.0. The molecule has 0 bridgehead atoms. The van der Waals surface area contributed by atoms with E-state index >= 15 is 0 Å². The Morgan fingerprint density at radius 3 is 2.29 bits per heavy atom. The molecule has 0 radical (unpaired) electrons. The summed E-state index contributed by atoms with van der Waals surface area (Å²) in [5.74, 6) is -0.511. The van der Waals surface area contributed by atoms with Crippen LogP contribution in [-0.2, 0) is 6.42 Å². The number of nitrogens with one attached hydrogen (secondary N) is 1. The predicted octanol–water partition coefficient (Wildman–Crippen LogP) is 3.88. The molecule has 2 aromatic carbocycles. The third-order valence-corrected chi connectivity index (χ3v) is 5.50. The van der Waals surface area contributed by atoms with Crippen LogP contribution < -0.4 is 10.2 Å². The maximum Gasteiger partial charge on any atom is 0.278 e. The van der Waals surface area contributed by atoms with Gasteiger partial charge >= 0.3 is 0 Å². The molecule has 2 amide bonds. The summed E-state index contributed by atoms with van der Waals surface area (Å²) in [6.07, 6.45) is 9.93. The molecule has 0 saturated heterocycles. The molecule has 4 rings (SSSR count). The summed E-state index contributed by atoms with van der Waals surface area (Å²) in [4.78, 5) is 44.3. The summed E-state index contributed by atoms with van der Waals surface area (Å²) < 4.78 is 0. The van der Waals surface area contributed by atoms with E-state index in [1.165, 1.54) is 18.6 Å². The first-order valence-corrected chi connectivity index (χ1v) is 11.4. The number of aryl methyl sites for hydroxylation is 1. The van der Waals surface area contributed by atoms with Crippen molar-refractivity contribution in [3.05, 3.63) is 102 Å². The molecule has 0 aliphatic heterocycles. The van der Waals surface area contributed by atoms with E-state index in [0.717, 1.165) is 22.4 Å². The standard InChI is InChI=1S/C27H26N6O2/c1-3-33(27(35)25-18-29-11-13-31-25)24-15-21(20-6-4-19(2)5-7-20)14-22(16-24)26(34)32-9-8-23-17-28-10-12-30-23/h4-7,10-18H,3,8-9H2,1-2H3,(H,32,34). The molecule has 0 saturated carbocycles. The molecule has 8 heteroatoms. The van der Waals surface area contributed by atoms with Crippen LogP contribution in [0.15, 0.2) is 79.6 Å². The lowest BCUT2D eigenvalue weighted by molar-refractivity contribution is 0.0950. The van der Waals surface area contributed by atoms with E-state index in [9.17, 15) is 9.59 Å². The van der Waals surface area contributed by atoms with Crippen molar-refractivity contribution in [2.75, 3.05) is 18.0 Å². The molecule has 2 heterocycles. The van der Waals surface area contributed by atoms with Crippen LogP contribution in [0.3, 0.4) is 0 Å². The Kier molecular flexibility index (Phi) is 7.52. The fraction of sp³-hybridized carbons (Fsp3) is 0.185. The molecule has 35 heavy (non-hydrogen) atoms. The third kappa shape index (κ3) is 5.92. The highest BCUT2D eigenvalue weighted by molar-refractivity contribution is 6.06. The molecule has 0 spiro atoms. The number of nitrogens with zero attached hydrogens (tertiary/aromatic N) is 5. The second kappa shape index (κ2) is 11.1. The minimum absolute atomic E-state index is 0.230. The number of carbonyl (C=O) groups excluding carboxylic acids is 2. The number of carbonyl (C=O) groups is 2. The summed E-state index contributed by atoms with van der Waals surface area (Å²) in [7, 11) is 0. The van der Waals surface area contributed by atoms with Crippen LogP contribution in [-0.4, -0.2) is 44.8 Å². The molecule has 4 aromatic rings. The minimum Gasteiger partial charge on any atom is -0.352 e. The summed E-state index contributed by atoms with van der Waals surface area (Å²) in [6, 6.07) is 13.5. The lowest BCUT2D eigenvalue weighted by Crippen LogP contribution is -2.32. The number of benzene rings is 2. The number of anilines is 1. The highest BCUT2D eigenvalue weighted by Gasteiger charge is 2.20. The van der Waals surface area contributed by atoms with Gasteiger partial charge in [0.25, 0.3) is 11.8 Å². The third-order valence-electron chi connectivity index (χ3n) is 5.50. The van der Waals surface area contributed by atoms with E-state index in [1.807, 2.05) is 50.2 Å². The van der Waals surface area contributed by atoms with Crippen LogP contribution in [0.2, 0.25) is 0 Å². The Morgan fingerprint density at radius 2 is 1.63 bits per heavy atom. The summed E-state index contributed by atoms with van der Waals surface area (Å²) in [5.41, 5.74) is 5.04. The SMILES string of the molecule is CCN(C(=O)c1cnccn1)c1cc(C(=O)NCCc2cnccn2)cc(-c2ccc(C)cc2)c1. The molecular formula is C27H26N6O2. The van der Waals surface area contributed by atoms with Crippen LogP contribution in [0.25, 0.3) is 11.1 Å². The van der Waals surface area contributed by atoms with Crippen LogP contribution in [0.1, 0.15) is 39.0 Å². The lowest BCUT2D eigenvalue weighted by atomic mass is 10.00. The van der Waals surface area contributed by atoms with Crippen molar-refractivity contribution < 1.29 is 9.59 Å². The van der Waals surface area contributed by atoms with Gasteiger partial charge in [0.2, 0.25) is 0 Å². The van der Waals surface area contributed by atoms with Crippen molar-refractivity contribution >= 4 is 17.5 Å². The first kappa shape index (κ1) is 23.7. The van der Waals surface area contributed by atoms with E-state index in [1.54, 1.807) is 29.6 Å². The molecule has 8 nitrogen and oxygen atoms in total. The van der Waals surface area contributed by atoms with Crippen molar-refractivity contribution in [1.29, 1.82) is 0 Å². The van der Waals surface area contributed by atoms with Gasteiger partial charge in [0.1, 0.15) is 5.69 Å². The Balaban J connectivity index is 1.65. The van der Waals surface area contributed by atoms with Gasteiger partial charge in [0, 0.05) is 61.7 Å². The molecular weight excluding hydrogens is 440 g/mol. The number of rotatable bonds is 8. The van der Waals surface area contributed by atoms with Crippen LogP contribution in [0.4, 0.5) is 5.69 Å². The Labute approximate surface area is 204 Å². The van der Waals surface area contributed by atoms with Gasteiger partial charge in [-0.2, -0.15) is 0 Å². The zero-order valence-corrected chi connectivity index (χ0v) is 19.7. The summed E-state index contributed by atoms with van der Waals surface area (Å²) in [5, 5.41) is 2.95. The highest BCUT2D eigenvalue weighted by atomic mass is 16.2. The fourth-order valence-electron chi connectivity index (χ4n) is 3.67. The number of amides is 2. The van der Waals surface area contributed by atoms with E-state index in [4.69, 9.17) is 0 Å². The van der Waals surface area contributed by atoms with Gasteiger partial charge in [-0.1, -0.05) is 29.8 Å². The van der Waals surface area contributed by atoms with E-state index in [-0.39, 0.29) is 17.5 Å². The van der Waals surface area contributed by atoms with Gasteiger partial charge in [-0.25, -0.2) is 4.98 Å². The Bertz CT molecular complexity index is 1290. The van der Waals surface area contributed by atoms with Gasteiger partial charge in [0.05, 0.1) is 11.9 Å². The fourth-order valence-corrected chi connectivity index (χ4v) is 3.67. The topological polar surface area (TPSA) is 101 Å². The second-order valence-corrected chi connectivity index (χ2v) is 7.98. The second-order valence-electron chi connectivity index (χ2n) is 7.98. The molecule has 0 aliphatic rings. The molecule has 0 atom stereocenters. The average Bonchev–Trinajstić information content (AvgIpc) is 2.90. The molecule has 1 N–H and O–H groups in total. The molecule has 2 aromatic heterocycles. The predicted molar refractivity (Wildman–Crippen MR) is 134 cm³/mol. The van der Waals surface area contributed by atoms with Crippen molar-refractivity contribution in [3.63, 3.8) is 0 Å². The Morgan fingerprint density at radius 1 is 0.886 bits per heavy atom. The van der Waals surface area contributed by atoms with E-state index < -0.39 is 0 Å². The molecule has 0 fully saturated rings. The van der Waals surface area contributed by atoms with Crippen LogP contribution in [0.5, 0.6) is 0 Å². The Hall–Kier alpha value is -4.46.